The molecule has 0 saturated heterocycles. The number of methoxy groups -OCH3 is 1. The summed E-state index contributed by atoms with van der Waals surface area (Å²) >= 11 is 0. The maximum absolute atomic E-state index is 13.6. The van der Waals surface area contributed by atoms with Crippen LogP contribution in [0.4, 0.5) is 0 Å². The van der Waals surface area contributed by atoms with E-state index in [0.29, 0.717) is 24.8 Å². The molecule has 2 aromatic carbocycles. The summed E-state index contributed by atoms with van der Waals surface area (Å²) in [6, 6.07) is 10.9. The summed E-state index contributed by atoms with van der Waals surface area (Å²) in [5.41, 5.74) is 4.48. The van der Waals surface area contributed by atoms with Crippen LogP contribution in [-0.2, 0) is 33.6 Å². The molecule has 0 bridgehead atoms. The van der Waals surface area contributed by atoms with Crippen LogP contribution in [-0.4, -0.2) is 50.6 Å². The van der Waals surface area contributed by atoms with Gasteiger partial charge >= 0.3 is 0 Å². The van der Waals surface area contributed by atoms with Gasteiger partial charge < -0.3 is 30.9 Å². The molecular formula is C28H27NO8. The van der Waals surface area contributed by atoms with Crippen LogP contribution in [0.5, 0.6) is 11.5 Å². The summed E-state index contributed by atoms with van der Waals surface area (Å²) in [6.45, 7) is 0. The summed E-state index contributed by atoms with van der Waals surface area (Å²) in [5.74, 6) is -5.53. The number of nitrogens with two attached hydrogens (primary N) is 1. The number of aliphatic hydroxyl groups excluding tert-OH is 2. The van der Waals surface area contributed by atoms with Crippen molar-refractivity contribution < 1.29 is 39.5 Å². The van der Waals surface area contributed by atoms with E-state index in [9.17, 15) is 34.8 Å². The number of aryl methyl sites for hydroxylation is 2. The van der Waals surface area contributed by atoms with Gasteiger partial charge in [-0.15, -0.1) is 0 Å². The second-order valence-corrected chi connectivity index (χ2v) is 9.85. The number of phenols is 1. The lowest BCUT2D eigenvalue weighted by Gasteiger charge is -2.46. The topological polar surface area (TPSA) is 167 Å². The molecule has 0 aromatic heterocycles. The number of aliphatic hydroxyl groups is 3. The van der Waals surface area contributed by atoms with Crippen molar-refractivity contribution in [3.05, 3.63) is 75.6 Å². The highest BCUT2D eigenvalue weighted by Crippen LogP contribution is 2.52. The number of rotatable bonds is 5. The average Bonchev–Trinajstić information content (AvgIpc) is 2.86. The highest BCUT2D eigenvalue weighted by molar-refractivity contribution is 6.22. The molecule has 9 heteroatoms. The lowest BCUT2D eigenvalue weighted by molar-refractivity contribution is -0.147. The predicted octanol–water partition coefficient (Wildman–Crippen LogP) is 2.22. The largest absolute Gasteiger partial charge is 0.508 e. The van der Waals surface area contributed by atoms with Crippen LogP contribution in [0, 0.1) is 11.8 Å². The van der Waals surface area contributed by atoms with Gasteiger partial charge in [0.2, 0.25) is 5.78 Å². The van der Waals surface area contributed by atoms with E-state index in [1.54, 1.807) is 13.2 Å². The number of phenolic OH excluding ortho intramolecular Hbond substituents is 1. The maximum atomic E-state index is 13.6. The molecule has 1 fully saturated rings. The van der Waals surface area contributed by atoms with Crippen LogP contribution in [0.2, 0.25) is 0 Å². The SMILES string of the molecule is COc1ccc(CCc2ccc(O)c3c2CC2CC4CC(=O)C(C(N)=O)=C(O)C4(O)C(=O)C2=C3O)cc1. The molecule has 0 radical (unpaired) electrons. The monoisotopic (exact) mass is 505 g/mol. The first-order valence-electron chi connectivity index (χ1n) is 12.0. The Kier molecular flexibility index (Phi) is 5.83. The third kappa shape index (κ3) is 3.69. The number of fused-ring (bicyclic) bond motifs is 3. The van der Waals surface area contributed by atoms with Gasteiger partial charge in [0.05, 0.1) is 12.7 Å². The van der Waals surface area contributed by atoms with Crippen LogP contribution in [0.15, 0.2) is 53.3 Å². The van der Waals surface area contributed by atoms with Crippen LogP contribution >= 0.6 is 0 Å². The van der Waals surface area contributed by atoms with Crippen LogP contribution in [0.25, 0.3) is 5.76 Å². The summed E-state index contributed by atoms with van der Waals surface area (Å²) in [4.78, 5) is 37.8. The Morgan fingerprint density at radius 1 is 1.05 bits per heavy atom. The molecule has 0 aliphatic heterocycles. The predicted molar refractivity (Wildman–Crippen MR) is 132 cm³/mol. The van der Waals surface area contributed by atoms with Crippen molar-refractivity contribution in [1.82, 2.24) is 0 Å². The molecule has 6 N–H and O–H groups in total. The normalized spacial score (nSPS) is 24.9. The van der Waals surface area contributed by atoms with Gasteiger partial charge in [-0.2, -0.15) is 0 Å². The van der Waals surface area contributed by atoms with E-state index in [1.807, 2.05) is 24.3 Å². The van der Waals surface area contributed by atoms with Crippen LogP contribution in [0.1, 0.15) is 35.1 Å². The summed E-state index contributed by atoms with van der Waals surface area (Å²) in [5, 5.41) is 43.8. The molecule has 3 atom stereocenters. The molecular weight excluding hydrogens is 478 g/mol. The number of primary amides is 1. The van der Waals surface area contributed by atoms with E-state index in [2.05, 4.69) is 0 Å². The summed E-state index contributed by atoms with van der Waals surface area (Å²) in [6.07, 6.45) is 1.35. The van der Waals surface area contributed by atoms with Gasteiger partial charge in [0, 0.05) is 17.9 Å². The molecule has 0 heterocycles. The fourth-order valence-electron chi connectivity index (χ4n) is 5.99. The Morgan fingerprint density at radius 2 is 1.76 bits per heavy atom. The van der Waals surface area contributed by atoms with Gasteiger partial charge in [-0.3, -0.25) is 14.4 Å². The number of hydrogen-bond donors (Lipinski definition) is 5. The number of aromatic hydroxyl groups is 1. The first-order valence-corrected chi connectivity index (χ1v) is 12.0. The van der Waals surface area contributed by atoms with Crippen molar-refractivity contribution in [2.24, 2.45) is 17.6 Å². The fourth-order valence-corrected chi connectivity index (χ4v) is 5.99. The van der Waals surface area contributed by atoms with Gasteiger partial charge in [-0.25, -0.2) is 0 Å². The number of benzene rings is 2. The first-order chi connectivity index (χ1) is 17.6. The van der Waals surface area contributed by atoms with E-state index in [1.165, 1.54) is 6.07 Å². The van der Waals surface area contributed by atoms with Gasteiger partial charge in [-0.1, -0.05) is 18.2 Å². The lowest BCUT2D eigenvalue weighted by atomic mass is 9.59. The molecule has 1 amide bonds. The minimum Gasteiger partial charge on any atom is -0.508 e. The van der Waals surface area contributed by atoms with Gasteiger partial charge in [0.1, 0.15) is 28.6 Å². The van der Waals surface area contributed by atoms with Crippen molar-refractivity contribution in [3.63, 3.8) is 0 Å². The Hall–Kier alpha value is -4.11. The number of carbonyl (C=O) groups is 3. The van der Waals surface area contributed by atoms with Crippen LogP contribution < -0.4 is 10.5 Å². The number of ketones is 2. The Bertz CT molecular complexity index is 1400. The molecule has 37 heavy (non-hydrogen) atoms. The van der Waals surface area contributed by atoms with Crippen LogP contribution in [0.3, 0.4) is 0 Å². The average molecular weight is 506 g/mol. The zero-order valence-electron chi connectivity index (χ0n) is 20.2. The zero-order chi connectivity index (χ0) is 26.6. The molecule has 3 aliphatic carbocycles. The second-order valence-electron chi connectivity index (χ2n) is 9.85. The van der Waals surface area contributed by atoms with Gasteiger partial charge in [0.25, 0.3) is 5.91 Å². The van der Waals surface area contributed by atoms with E-state index in [4.69, 9.17) is 10.5 Å². The number of carbonyl (C=O) groups excluding carboxylic acids is 3. The summed E-state index contributed by atoms with van der Waals surface area (Å²) < 4.78 is 5.20. The van der Waals surface area contributed by atoms with Gasteiger partial charge in [0.15, 0.2) is 11.4 Å². The Labute approximate surface area is 212 Å². The molecule has 2 aromatic rings. The third-order valence-electron chi connectivity index (χ3n) is 7.89. The van der Waals surface area contributed by atoms with Gasteiger partial charge in [-0.05, 0) is 66.5 Å². The number of Topliss-reactive ketones (excluding diaryl/α,β-unsaturated/α-hetero) is 2. The van der Waals surface area contributed by atoms with Crippen molar-refractivity contribution in [3.8, 4) is 11.5 Å². The Balaban J connectivity index is 1.54. The molecule has 9 nitrogen and oxygen atoms in total. The van der Waals surface area contributed by atoms with E-state index < -0.39 is 52.0 Å². The molecule has 3 aliphatic rings. The Morgan fingerprint density at radius 3 is 2.41 bits per heavy atom. The highest BCUT2D eigenvalue weighted by Gasteiger charge is 2.60. The van der Waals surface area contributed by atoms with E-state index in [0.717, 1.165) is 16.9 Å². The number of ether oxygens (including phenoxy) is 1. The molecule has 3 unspecified atom stereocenters. The number of amides is 1. The molecule has 5 rings (SSSR count). The van der Waals surface area contributed by atoms with E-state index in [-0.39, 0.29) is 29.7 Å². The standard InChI is InChI=1S/C28H27NO8/c1-37-17-7-3-13(4-8-17)2-5-14-6-9-19(30)22-18(14)11-15-10-16-12-20(31)23(27(29)35)26(34)28(16,36)25(33)21(15)24(22)32/h3-4,6-9,15-16,30,32,34,36H,2,5,10-12H2,1H3,(H2,29,35). The second kappa shape index (κ2) is 8.77. The first kappa shape index (κ1) is 24.6. The van der Waals surface area contributed by atoms with Crippen molar-refractivity contribution in [1.29, 1.82) is 0 Å². The van der Waals surface area contributed by atoms with Crippen molar-refractivity contribution >= 4 is 23.2 Å². The quantitative estimate of drug-likeness (QED) is 0.386. The minimum absolute atomic E-state index is 0.108. The van der Waals surface area contributed by atoms with Crippen molar-refractivity contribution in [2.75, 3.05) is 7.11 Å². The smallest absolute Gasteiger partial charge is 0.255 e. The molecule has 0 spiro atoms. The van der Waals surface area contributed by atoms with Crippen molar-refractivity contribution in [2.45, 2.75) is 37.7 Å². The molecule has 192 valence electrons. The highest BCUT2D eigenvalue weighted by atomic mass is 16.5. The number of hydrogen-bond acceptors (Lipinski definition) is 8. The summed E-state index contributed by atoms with van der Waals surface area (Å²) in [7, 11) is 1.60. The van der Waals surface area contributed by atoms with E-state index >= 15 is 0 Å². The molecule has 1 saturated carbocycles. The fraction of sp³-hybridized carbons (Fsp3) is 0.321. The maximum Gasteiger partial charge on any atom is 0.255 e. The zero-order valence-corrected chi connectivity index (χ0v) is 20.2. The minimum atomic E-state index is -2.56. The lowest BCUT2D eigenvalue weighted by Crippen LogP contribution is -2.58. The third-order valence-corrected chi connectivity index (χ3v) is 7.89.